The predicted molar refractivity (Wildman–Crippen MR) is 90.9 cm³/mol. The van der Waals surface area contributed by atoms with Gasteiger partial charge in [-0.15, -0.1) is 0 Å². The molecule has 1 aliphatic heterocycles. The molecule has 1 saturated carbocycles. The zero-order chi connectivity index (χ0) is 17.0. The van der Waals surface area contributed by atoms with Crippen LogP contribution >= 0.6 is 0 Å². The second-order valence-corrected chi connectivity index (χ2v) is 8.62. The Balaban J connectivity index is 1.54. The molecule has 0 bridgehead atoms. The summed E-state index contributed by atoms with van der Waals surface area (Å²) in [7, 11) is -3.17. The summed E-state index contributed by atoms with van der Waals surface area (Å²) in [5.41, 5.74) is 0.913. The van der Waals surface area contributed by atoms with Crippen molar-refractivity contribution >= 4 is 10.0 Å². The molecule has 3 unspecified atom stereocenters. The zero-order valence-corrected chi connectivity index (χ0v) is 15.0. The van der Waals surface area contributed by atoms with Crippen molar-refractivity contribution in [3.8, 4) is 0 Å². The Morgan fingerprint density at radius 1 is 1.38 bits per heavy atom. The first-order chi connectivity index (χ1) is 11.6. The topological polar surface area (TPSA) is 68.7 Å². The van der Waals surface area contributed by atoms with E-state index in [1.165, 1.54) is 0 Å². The van der Waals surface area contributed by atoms with E-state index >= 15 is 0 Å². The van der Waals surface area contributed by atoms with Gasteiger partial charge in [-0.1, -0.05) is 13.0 Å². The van der Waals surface area contributed by atoms with Gasteiger partial charge in [-0.25, -0.2) is 8.42 Å². The molecule has 0 spiro atoms. The van der Waals surface area contributed by atoms with Crippen LogP contribution in [0.25, 0.3) is 0 Å². The highest BCUT2D eigenvalue weighted by molar-refractivity contribution is 7.89. The average molecular weight is 354 g/mol. The van der Waals surface area contributed by atoms with Gasteiger partial charge < -0.3 is 9.47 Å². The van der Waals surface area contributed by atoms with E-state index in [0.29, 0.717) is 38.7 Å². The Morgan fingerprint density at radius 3 is 3.00 bits per heavy atom. The van der Waals surface area contributed by atoms with Crippen LogP contribution in [0.4, 0.5) is 0 Å². The number of aromatic nitrogens is 1. The summed E-state index contributed by atoms with van der Waals surface area (Å²) >= 11 is 0. The van der Waals surface area contributed by atoms with E-state index in [9.17, 15) is 8.42 Å². The minimum atomic E-state index is -3.17. The zero-order valence-electron chi connectivity index (χ0n) is 14.1. The van der Waals surface area contributed by atoms with Gasteiger partial charge in [0.1, 0.15) is 0 Å². The molecule has 0 aromatic carbocycles. The van der Waals surface area contributed by atoms with Gasteiger partial charge in [0.05, 0.1) is 43.4 Å². The van der Waals surface area contributed by atoms with Gasteiger partial charge in [0.15, 0.2) is 0 Å². The summed E-state index contributed by atoms with van der Waals surface area (Å²) in [4.78, 5) is 4.24. The Hall–Kier alpha value is -1.02. The number of hydrogen-bond acceptors (Lipinski definition) is 5. The third-order valence-corrected chi connectivity index (χ3v) is 6.82. The Morgan fingerprint density at radius 2 is 2.25 bits per heavy atom. The molecule has 7 heteroatoms. The fraction of sp³-hybridized carbons (Fsp3) is 0.706. The van der Waals surface area contributed by atoms with Crippen LogP contribution in [0, 0.1) is 5.92 Å². The molecule has 2 fully saturated rings. The van der Waals surface area contributed by atoms with Crippen LogP contribution in [-0.2, 0) is 26.1 Å². The van der Waals surface area contributed by atoms with E-state index in [4.69, 9.17) is 9.47 Å². The predicted octanol–water partition coefficient (Wildman–Crippen LogP) is 1.82. The van der Waals surface area contributed by atoms with E-state index < -0.39 is 10.0 Å². The summed E-state index contributed by atoms with van der Waals surface area (Å²) in [6.45, 7) is 3.98. The van der Waals surface area contributed by atoms with E-state index in [1.807, 2.05) is 25.1 Å². The van der Waals surface area contributed by atoms with Crippen LogP contribution in [-0.4, -0.2) is 55.4 Å². The highest BCUT2D eigenvalue weighted by Crippen LogP contribution is 2.36. The lowest BCUT2D eigenvalue weighted by Gasteiger charge is -2.36. The number of nitrogens with zero attached hydrogens (tertiary/aromatic N) is 2. The maximum Gasteiger partial charge on any atom is 0.214 e. The highest BCUT2D eigenvalue weighted by atomic mass is 32.2. The van der Waals surface area contributed by atoms with Crippen LogP contribution in [0.2, 0.25) is 0 Å². The number of fused-ring (bicyclic) bond motifs is 1. The molecule has 6 nitrogen and oxygen atoms in total. The van der Waals surface area contributed by atoms with Crippen LogP contribution in [0.5, 0.6) is 0 Å². The average Bonchev–Trinajstić information content (AvgIpc) is 2.98. The summed E-state index contributed by atoms with van der Waals surface area (Å²) in [6.07, 6.45) is 4.09. The standard InChI is InChI=1S/C17H26N2O4S/c1-2-9-24(20,21)19-7-8-23-17-11-14(10-16(17)19)12-22-13-15-5-3-4-6-18-15/h3-6,14,16-17H,2,7-13H2,1H3. The van der Waals surface area contributed by atoms with Gasteiger partial charge in [-0.05, 0) is 37.3 Å². The van der Waals surface area contributed by atoms with Gasteiger partial charge in [0.2, 0.25) is 10.0 Å². The molecule has 2 heterocycles. The van der Waals surface area contributed by atoms with E-state index in [0.717, 1.165) is 18.5 Å². The molecular formula is C17H26N2O4S. The number of morpholine rings is 1. The number of hydrogen-bond donors (Lipinski definition) is 0. The molecule has 0 amide bonds. The van der Waals surface area contributed by atoms with Crippen molar-refractivity contribution < 1.29 is 17.9 Å². The minimum absolute atomic E-state index is 0.00818. The molecular weight excluding hydrogens is 328 g/mol. The fourth-order valence-electron chi connectivity index (χ4n) is 3.69. The summed E-state index contributed by atoms with van der Waals surface area (Å²) in [5, 5.41) is 0. The summed E-state index contributed by atoms with van der Waals surface area (Å²) < 4.78 is 38.2. The van der Waals surface area contributed by atoms with Gasteiger partial charge in [-0.2, -0.15) is 4.31 Å². The third-order valence-electron chi connectivity index (χ3n) is 4.73. The molecule has 0 radical (unpaired) electrons. The molecule has 1 saturated heterocycles. The first kappa shape index (κ1) is 17.8. The second-order valence-electron chi connectivity index (χ2n) is 6.58. The lowest BCUT2D eigenvalue weighted by Crippen LogP contribution is -2.51. The summed E-state index contributed by atoms with van der Waals surface area (Å²) in [6, 6.07) is 5.74. The smallest absolute Gasteiger partial charge is 0.214 e. The third kappa shape index (κ3) is 4.14. The van der Waals surface area contributed by atoms with Crippen molar-refractivity contribution in [1.82, 2.24) is 9.29 Å². The number of pyridine rings is 1. The molecule has 1 aromatic heterocycles. The summed E-state index contributed by atoms with van der Waals surface area (Å²) in [5.74, 6) is 0.554. The van der Waals surface area contributed by atoms with Crippen LogP contribution < -0.4 is 0 Å². The number of rotatable bonds is 7. The molecule has 1 aliphatic carbocycles. The number of ether oxygens (including phenoxy) is 2. The van der Waals surface area contributed by atoms with Gasteiger partial charge in [0.25, 0.3) is 0 Å². The molecule has 2 aliphatic rings. The maximum absolute atomic E-state index is 12.5. The first-order valence-corrected chi connectivity index (χ1v) is 10.3. The molecule has 0 N–H and O–H groups in total. The second kappa shape index (κ2) is 7.91. The Labute approximate surface area is 144 Å². The van der Waals surface area contributed by atoms with Gasteiger partial charge in [-0.3, -0.25) is 4.98 Å². The largest absolute Gasteiger partial charge is 0.375 e. The van der Waals surface area contributed by atoms with Crippen molar-refractivity contribution in [3.63, 3.8) is 0 Å². The van der Waals surface area contributed by atoms with E-state index in [1.54, 1.807) is 10.5 Å². The van der Waals surface area contributed by atoms with Crippen LogP contribution in [0.1, 0.15) is 31.9 Å². The van der Waals surface area contributed by atoms with Crippen molar-refractivity contribution in [2.75, 3.05) is 25.5 Å². The lowest BCUT2D eigenvalue weighted by atomic mass is 10.1. The molecule has 1 aromatic rings. The Bertz CT molecular complexity index is 623. The van der Waals surface area contributed by atoms with Crippen LogP contribution in [0.15, 0.2) is 24.4 Å². The first-order valence-electron chi connectivity index (χ1n) is 8.69. The van der Waals surface area contributed by atoms with Crippen molar-refractivity contribution in [3.05, 3.63) is 30.1 Å². The molecule has 134 valence electrons. The lowest BCUT2D eigenvalue weighted by molar-refractivity contribution is -0.0253. The fourth-order valence-corrected chi connectivity index (χ4v) is 5.42. The highest BCUT2D eigenvalue weighted by Gasteiger charge is 2.45. The van der Waals surface area contributed by atoms with Gasteiger partial charge >= 0.3 is 0 Å². The van der Waals surface area contributed by atoms with E-state index in [2.05, 4.69) is 4.98 Å². The normalized spacial score (nSPS) is 28.0. The van der Waals surface area contributed by atoms with Crippen molar-refractivity contribution in [2.24, 2.45) is 5.92 Å². The van der Waals surface area contributed by atoms with Crippen LogP contribution in [0.3, 0.4) is 0 Å². The monoisotopic (exact) mass is 354 g/mol. The minimum Gasteiger partial charge on any atom is -0.375 e. The maximum atomic E-state index is 12.5. The van der Waals surface area contributed by atoms with Gasteiger partial charge in [0, 0.05) is 12.7 Å². The van der Waals surface area contributed by atoms with Crippen molar-refractivity contribution in [1.29, 1.82) is 0 Å². The molecule has 3 rings (SSSR count). The quantitative estimate of drug-likeness (QED) is 0.747. The molecule has 24 heavy (non-hydrogen) atoms. The Kier molecular flexibility index (Phi) is 5.86. The molecule has 3 atom stereocenters. The SMILES string of the molecule is CCCS(=O)(=O)N1CCOC2CC(COCc3ccccn3)CC21. The van der Waals surface area contributed by atoms with E-state index in [-0.39, 0.29) is 17.9 Å². The number of sulfonamides is 1. The van der Waals surface area contributed by atoms with Crippen molar-refractivity contribution in [2.45, 2.75) is 44.9 Å².